The fourth-order valence-electron chi connectivity index (χ4n) is 0.407. The normalized spacial score (nSPS) is 8.31. The van der Waals surface area contributed by atoms with Gasteiger partial charge in [-0.25, -0.2) is 0 Å². The minimum absolute atomic E-state index is 0. The van der Waals surface area contributed by atoms with E-state index in [1.165, 1.54) is 0 Å². The molecule has 0 aliphatic rings. The van der Waals surface area contributed by atoms with E-state index in [9.17, 15) is 10.2 Å². The molecule has 0 aliphatic heterocycles. The monoisotopic (exact) mass is 218 g/mol. The number of rotatable bonds is 6. The molecule has 13 heavy (non-hydrogen) atoms. The molecule has 0 bridgehead atoms. The van der Waals surface area contributed by atoms with Crippen LogP contribution >= 0.6 is 0 Å². The first-order chi connectivity index (χ1) is 5.83. The van der Waals surface area contributed by atoms with Crippen LogP contribution in [0.4, 0.5) is 0 Å². The van der Waals surface area contributed by atoms with Crippen LogP contribution in [0, 0.1) is 0 Å². The Labute approximate surface area is 110 Å². The molecule has 5 heteroatoms. The summed E-state index contributed by atoms with van der Waals surface area (Å²) in [4.78, 5) is 0. The van der Waals surface area contributed by atoms with Crippen molar-refractivity contribution in [2.75, 3.05) is 39.6 Å². The maximum atomic E-state index is 9.56. The summed E-state index contributed by atoms with van der Waals surface area (Å²) >= 11 is 0. The summed E-state index contributed by atoms with van der Waals surface area (Å²) in [5.41, 5.74) is 0. The van der Waals surface area contributed by atoms with Gasteiger partial charge in [0.25, 0.3) is 0 Å². The Balaban J connectivity index is -0.000000143. The Bertz CT molecular complexity index is 48.1. The predicted molar refractivity (Wildman–Crippen MR) is 48.5 cm³/mol. The van der Waals surface area contributed by atoms with Gasteiger partial charge in [0, 0.05) is 26.4 Å². The summed E-state index contributed by atoms with van der Waals surface area (Å²) in [7, 11) is 0. The van der Waals surface area contributed by atoms with Crippen molar-refractivity contribution >= 4 is 37.7 Å². The second kappa shape index (κ2) is 23.2. The standard InChI is InChI=1S/2C4H9O2.Ca/c2*1-2-6-4-3-5;/h2*2-4H2,1H3;/q2*-1;+2. The molecule has 0 spiro atoms. The van der Waals surface area contributed by atoms with Gasteiger partial charge in [-0.3, -0.25) is 0 Å². The molecule has 0 heterocycles. The van der Waals surface area contributed by atoms with Crippen LogP contribution in [-0.4, -0.2) is 77.4 Å². The molecular weight excluding hydrogens is 200 g/mol. The maximum Gasteiger partial charge on any atom is 2.00 e. The van der Waals surface area contributed by atoms with Crippen LogP contribution in [0.2, 0.25) is 0 Å². The van der Waals surface area contributed by atoms with E-state index in [4.69, 9.17) is 0 Å². The molecule has 0 radical (unpaired) electrons. The molecule has 4 nitrogen and oxygen atoms in total. The van der Waals surface area contributed by atoms with Crippen molar-refractivity contribution in [3.63, 3.8) is 0 Å². The average molecular weight is 218 g/mol. The third kappa shape index (κ3) is 32.0. The first-order valence-corrected chi connectivity index (χ1v) is 4.15. The molecule has 76 valence electrons. The SMILES string of the molecule is CCOCC[O-].CCOCC[O-].[Ca+2]. The fraction of sp³-hybridized carbons (Fsp3) is 1.00. The molecule has 0 aromatic carbocycles. The van der Waals surface area contributed by atoms with Crippen molar-refractivity contribution in [2.24, 2.45) is 0 Å². The zero-order chi connectivity index (χ0) is 9.66. The molecule has 0 atom stereocenters. The van der Waals surface area contributed by atoms with Gasteiger partial charge in [-0.15, -0.1) is 13.2 Å². The molecule has 0 fully saturated rings. The molecule has 0 aromatic rings. The van der Waals surface area contributed by atoms with E-state index >= 15 is 0 Å². The van der Waals surface area contributed by atoms with Gasteiger partial charge in [0.15, 0.2) is 0 Å². The Morgan fingerprint density at radius 3 is 1.23 bits per heavy atom. The largest absolute Gasteiger partial charge is 2.00 e. The maximum absolute atomic E-state index is 9.56. The van der Waals surface area contributed by atoms with Gasteiger partial charge in [-0.05, 0) is 13.8 Å². The third-order valence-corrected chi connectivity index (χ3v) is 0.864. The van der Waals surface area contributed by atoms with Crippen LogP contribution in [0.3, 0.4) is 0 Å². The van der Waals surface area contributed by atoms with Crippen molar-refractivity contribution in [3.05, 3.63) is 0 Å². The average Bonchev–Trinajstić information content (AvgIpc) is 2.12. The molecule has 0 rings (SSSR count). The van der Waals surface area contributed by atoms with Crippen molar-refractivity contribution in [1.29, 1.82) is 0 Å². The van der Waals surface area contributed by atoms with Crippen LogP contribution < -0.4 is 10.2 Å². The van der Waals surface area contributed by atoms with Gasteiger partial charge >= 0.3 is 37.7 Å². The van der Waals surface area contributed by atoms with E-state index in [-0.39, 0.29) is 51.0 Å². The van der Waals surface area contributed by atoms with Crippen LogP contribution in [0.5, 0.6) is 0 Å². The Kier molecular flexibility index (Phi) is 35.0. The second-order valence-electron chi connectivity index (χ2n) is 1.80. The number of hydrogen-bond acceptors (Lipinski definition) is 4. The zero-order valence-electron chi connectivity index (χ0n) is 8.58. The zero-order valence-corrected chi connectivity index (χ0v) is 10.8. The van der Waals surface area contributed by atoms with Crippen LogP contribution in [-0.2, 0) is 9.47 Å². The minimum Gasteiger partial charge on any atom is -0.853 e. The van der Waals surface area contributed by atoms with Gasteiger partial charge in [-0.2, -0.15) is 0 Å². The molecule has 0 aromatic heterocycles. The van der Waals surface area contributed by atoms with E-state index in [0.717, 1.165) is 0 Å². The van der Waals surface area contributed by atoms with Gasteiger partial charge in [0.1, 0.15) is 0 Å². The van der Waals surface area contributed by atoms with Crippen molar-refractivity contribution in [1.82, 2.24) is 0 Å². The van der Waals surface area contributed by atoms with Crippen molar-refractivity contribution in [2.45, 2.75) is 13.8 Å². The molecule has 0 aliphatic carbocycles. The van der Waals surface area contributed by atoms with Crippen LogP contribution in [0.1, 0.15) is 13.8 Å². The molecule has 0 N–H and O–H groups in total. The number of ether oxygens (including phenoxy) is 2. The first-order valence-electron chi connectivity index (χ1n) is 4.15. The molecule has 0 amide bonds. The Morgan fingerprint density at radius 2 is 1.15 bits per heavy atom. The van der Waals surface area contributed by atoms with Crippen LogP contribution in [0.25, 0.3) is 0 Å². The second-order valence-corrected chi connectivity index (χ2v) is 1.80. The van der Waals surface area contributed by atoms with E-state index in [1.807, 2.05) is 13.8 Å². The summed E-state index contributed by atoms with van der Waals surface area (Å²) in [6.45, 7) is 5.53. The van der Waals surface area contributed by atoms with Crippen molar-refractivity contribution in [3.8, 4) is 0 Å². The van der Waals surface area contributed by atoms with E-state index in [2.05, 4.69) is 9.47 Å². The molecule has 0 unspecified atom stereocenters. The molecular formula is C8H18CaO4. The smallest absolute Gasteiger partial charge is 0.853 e. The van der Waals surface area contributed by atoms with Crippen molar-refractivity contribution < 1.29 is 19.7 Å². The topological polar surface area (TPSA) is 64.6 Å². The Morgan fingerprint density at radius 1 is 0.846 bits per heavy atom. The van der Waals surface area contributed by atoms with Gasteiger partial charge < -0.3 is 19.7 Å². The van der Waals surface area contributed by atoms with Gasteiger partial charge in [-0.1, -0.05) is 0 Å². The first kappa shape index (κ1) is 19.6. The summed E-state index contributed by atoms with van der Waals surface area (Å²) in [6.07, 6.45) is 0. The summed E-state index contributed by atoms with van der Waals surface area (Å²) in [5, 5.41) is 19.1. The van der Waals surface area contributed by atoms with Gasteiger partial charge in [0.2, 0.25) is 0 Å². The predicted octanol–water partition coefficient (Wildman–Crippen LogP) is -1.61. The molecule has 0 saturated heterocycles. The fourth-order valence-corrected chi connectivity index (χ4v) is 0.407. The van der Waals surface area contributed by atoms with E-state index < -0.39 is 0 Å². The Hall–Kier alpha value is 1.10. The summed E-state index contributed by atoms with van der Waals surface area (Å²) < 4.78 is 9.34. The van der Waals surface area contributed by atoms with E-state index in [1.54, 1.807) is 0 Å². The quantitative estimate of drug-likeness (QED) is 0.397. The van der Waals surface area contributed by atoms with E-state index in [0.29, 0.717) is 26.4 Å². The minimum atomic E-state index is -0.117. The van der Waals surface area contributed by atoms with Gasteiger partial charge in [0.05, 0.1) is 0 Å². The van der Waals surface area contributed by atoms with Crippen LogP contribution in [0.15, 0.2) is 0 Å². The summed E-state index contributed by atoms with van der Waals surface area (Å²) in [6, 6.07) is 0. The third-order valence-electron chi connectivity index (χ3n) is 0.864. The number of hydrogen-bond donors (Lipinski definition) is 0. The molecule has 0 saturated carbocycles. The summed E-state index contributed by atoms with van der Waals surface area (Å²) in [5.74, 6) is 0.